The van der Waals surface area contributed by atoms with Crippen LogP contribution in [0, 0.1) is 0 Å². The Morgan fingerprint density at radius 1 is 1.28 bits per heavy atom. The van der Waals surface area contributed by atoms with Crippen LogP contribution in [0.5, 0.6) is 0 Å². The van der Waals surface area contributed by atoms with Crippen molar-refractivity contribution in [3.63, 3.8) is 0 Å². The average Bonchev–Trinajstić information content (AvgIpc) is 2.35. The number of carbonyl (C=O) groups excluding carboxylic acids is 1. The van der Waals surface area contributed by atoms with Gasteiger partial charge in [0, 0.05) is 24.8 Å². The number of Topliss-reactive ketones (excluding diaryl/α,β-unsaturated/α-hetero) is 1. The number of rotatable bonds is 3. The van der Waals surface area contributed by atoms with Crippen molar-refractivity contribution in [1.29, 1.82) is 0 Å². The molecule has 0 unspecified atom stereocenters. The number of aliphatic hydroxyl groups excluding tert-OH is 1. The Balaban J connectivity index is 2.14. The summed E-state index contributed by atoms with van der Waals surface area (Å²) in [5.41, 5.74) is 2.82. The molecule has 2 nitrogen and oxygen atoms in total. The number of hydrogen-bond acceptors (Lipinski definition) is 2. The Morgan fingerprint density at radius 2 is 2.00 bits per heavy atom. The van der Waals surface area contributed by atoms with E-state index >= 15 is 0 Å². The summed E-state index contributed by atoms with van der Waals surface area (Å²) in [5.74, 6) is 0.381. The van der Waals surface area contributed by atoms with Crippen LogP contribution < -0.4 is 0 Å². The van der Waals surface area contributed by atoms with Gasteiger partial charge >= 0.3 is 0 Å². The van der Waals surface area contributed by atoms with Gasteiger partial charge in [-0.2, -0.15) is 0 Å². The Bertz CT molecular complexity index is 495. The van der Waals surface area contributed by atoms with Crippen LogP contribution in [-0.4, -0.2) is 10.9 Å². The van der Waals surface area contributed by atoms with Gasteiger partial charge in [-0.15, -0.1) is 0 Å². The maximum Gasteiger partial charge on any atom is 0.162 e. The standard InChI is InChI=1S/C16H18O2/c1-12(10-13-6-3-2-4-7-13)11-14-15(17)8-5-9-16(14)18/h2-4,6-7,10,17H,5,8-9,11H2,1H3/b12-10+. The first-order chi connectivity index (χ1) is 8.66. The van der Waals surface area contributed by atoms with Gasteiger partial charge in [-0.3, -0.25) is 4.79 Å². The van der Waals surface area contributed by atoms with Crippen LogP contribution in [-0.2, 0) is 4.79 Å². The summed E-state index contributed by atoms with van der Waals surface area (Å²) in [5, 5.41) is 9.79. The van der Waals surface area contributed by atoms with Crippen molar-refractivity contribution in [3.8, 4) is 0 Å². The Hall–Kier alpha value is -1.83. The van der Waals surface area contributed by atoms with Crippen molar-refractivity contribution in [1.82, 2.24) is 0 Å². The van der Waals surface area contributed by atoms with E-state index in [-0.39, 0.29) is 11.5 Å². The first-order valence-corrected chi connectivity index (χ1v) is 6.33. The minimum absolute atomic E-state index is 0.0968. The molecule has 1 aliphatic rings. The number of aliphatic hydroxyl groups is 1. The first-order valence-electron chi connectivity index (χ1n) is 6.33. The topological polar surface area (TPSA) is 37.3 Å². The van der Waals surface area contributed by atoms with Gasteiger partial charge in [-0.05, 0) is 18.9 Å². The third-order valence-corrected chi connectivity index (χ3v) is 3.17. The molecular weight excluding hydrogens is 224 g/mol. The lowest BCUT2D eigenvalue weighted by molar-refractivity contribution is -0.116. The van der Waals surface area contributed by atoms with Crippen LogP contribution in [0.3, 0.4) is 0 Å². The molecule has 0 heterocycles. The van der Waals surface area contributed by atoms with Crippen LogP contribution in [0.15, 0.2) is 47.2 Å². The van der Waals surface area contributed by atoms with Crippen molar-refractivity contribution in [3.05, 3.63) is 52.8 Å². The normalized spacial score (nSPS) is 17.2. The number of ketones is 1. The zero-order chi connectivity index (χ0) is 13.0. The van der Waals surface area contributed by atoms with Crippen molar-refractivity contribution < 1.29 is 9.90 Å². The zero-order valence-corrected chi connectivity index (χ0v) is 10.6. The van der Waals surface area contributed by atoms with Gasteiger partial charge < -0.3 is 5.11 Å². The van der Waals surface area contributed by atoms with Crippen LogP contribution in [0.2, 0.25) is 0 Å². The third kappa shape index (κ3) is 3.10. The lowest BCUT2D eigenvalue weighted by Gasteiger charge is -2.15. The molecule has 0 aliphatic heterocycles. The number of allylic oxidation sites excluding steroid dienone is 3. The molecule has 1 aromatic rings. The highest BCUT2D eigenvalue weighted by Crippen LogP contribution is 2.25. The SMILES string of the molecule is C/C(=C\c1ccccc1)CC1=C(O)CCCC1=O. The molecule has 1 N–H and O–H groups in total. The second-order valence-electron chi connectivity index (χ2n) is 4.78. The highest BCUT2D eigenvalue weighted by molar-refractivity contribution is 5.97. The fraction of sp³-hybridized carbons (Fsp3) is 0.312. The summed E-state index contributed by atoms with van der Waals surface area (Å²) >= 11 is 0. The van der Waals surface area contributed by atoms with E-state index in [0.717, 1.165) is 17.6 Å². The highest BCUT2D eigenvalue weighted by atomic mass is 16.3. The molecule has 0 bridgehead atoms. The summed E-state index contributed by atoms with van der Waals surface area (Å²) in [6.07, 6.45) is 4.59. The number of hydrogen-bond donors (Lipinski definition) is 1. The average molecular weight is 242 g/mol. The molecule has 0 spiro atoms. The molecule has 0 fully saturated rings. The zero-order valence-electron chi connectivity index (χ0n) is 10.6. The van der Waals surface area contributed by atoms with Crippen molar-refractivity contribution in [2.75, 3.05) is 0 Å². The fourth-order valence-electron chi connectivity index (χ4n) is 2.24. The fourth-order valence-corrected chi connectivity index (χ4v) is 2.24. The number of carbonyl (C=O) groups is 1. The van der Waals surface area contributed by atoms with Gasteiger partial charge in [-0.1, -0.05) is 42.0 Å². The van der Waals surface area contributed by atoms with E-state index in [4.69, 9.17) is 0 Å². The molecule has 1 aromatic carbocycles. The van der Waals surface area contributed by atoms with Gasteiger partial charge in [0.2, 0.25) is 0 Å². The van der Waals surface area contributed by atoms with E-state index in [0.29, 0.717) is 24.8 Å². The second kappa shape index (κ2) is 5.67. The van der Waals surface area contributed by atoms with Gasteiger partial charge in [0.1, 0.15) is 0 Å². The lowest BCUT2D eigenvalue weighted by atomic mass is 9.91. The minimum atomic E-state index is 0.0968. The van der Waals surface area contributed by atoms with Gasteiger partial charge in [0.05, 0.1) is 5.76 Å². The molecule has 0 saturated carbocycles. The Morgan fingerprint density at radius 3 is 2.67 bits per heavy atom. The molecule has 18 heavy (non-hydrogen) atoms. The molecule has 1 aliphatic carbocycles. The molecule has 0 aromatic heterocycles. The van der Waals surface area contributed by atoms with Crippen LogP contribution >= 0.6 is 0 Å². The first kappa shape index (κ1) is 12.6. The van der Waals surface area contributed by atoms with E-state index in [1.54, 1.807) is 0 Å². The van der Waals surface area contributed by atoms with Crippen LogP contribution in [0.4, 0.5) is 0 Å². The van der Waals surface area contributed by atoms with Crippen molar-refractivity contribution >= 4 is 11.9 Å². The van der Waals surface area contributed by atoms with E-state index in [1.807, 2.05) is 37.3 Å². The van der Waals surface area contributed by atoms with E-state index in [2.05, 4.69) is 6.08 Å². The second-order valence-corrected chi connectivity index (χ2v) is 4.78. The minimum Gasteiger partial charge on any atom is -0.512 e. The van der Waals surface area contributed by atoms with E-state index in [1.165, 1.54) is 0 Å². The molecule has 2 heteroatoms. The molecular formula is C16H18O2. The largest absolute Gasteiger partial charge is 0.512 e. The summed E-state index contributed by atoms with van der Waals surface area (Å²) in [7, 11) is 0. The van der Waals surface area contributed by atoms with Crippen LogP contribution in [0.1, 0.15) is 38.2 Å². The molecule has 0 radical (unpaired) electrons. The molecule has 0 amide bonds. The quantitative estimate of drug-likeness (QED) is 0.868. The van der Waals surface area contributed by atoms with Gasteiger partial charge in [0.25, 0.3) is 0 Å². The third-order valence-electron chi connectivity index (χ3n) is 3.17. The molecule has 0 atom stereocenters. The van der Waals surface area contributed by atoms with Crippen molar-refractivity contribution in [2.24, 2.45) is 0 Å². The summed E-state index contributed by atoms with van der Waals surface area (Å²) in [4.78, 5) is 11.7. The number of benzene rings is 1. The Labute approximate surface area is 108 Å². The lowest BCUT2D eigenvalue weighted by Crippen LogP contribution is -2.11. The predicted molar refractivity (Wildman–Crippen MR) is 73.2 cm³/mol. The summed E-state index contributed by atoms with van der Waals surface area (Å²) in [6.45, 7) is 2.00. The predicted octanol–water partition coefficient (Wildman–Crippen LogP) is 4.05. The monoisotopic (exact) mass is 242 g/mol. The summed E-state index contributed by atoms with van der Waals surface area (Å²) in [6, 6.07) is 10.0. The van der Waals surface area contributed by atoms with Crippen molar-refractivity contribution in [2.45, 2.75) is 32.6 Å². The maximum atomic E-state index is 11.7. The van der Waals surface area contributed by atoms with E-state index < -0.39 is 0 Å². The highest BCUT2D eigenvalue weighted by Gasteiger charge is 2.19. The molecule has 94 valence electrons. The molecule has 0 saturated heterocycles. The maximum absolute atomic E-state index is 11.7. The summed E-state index contributed by atoms with van der Waals surface area (Å²) < 4.78 is 0. The van der Waals surface area contributed by atoms with E-state index in [9.17, 15) is 9.90 Å². The smallest absolute Gasteiger partial charge is 0.162 e. The molecule has 2 rings (SSSR count). The van der Waals surface area contributed by atoms with Gasteiger partial charge in [-0.25, -0.2) is 0 Å². The Kier molecular flexibility index (Phi) is 3.98. The van der Waals surface area contributed by atoms with Gasteiger partial charge in [0.15, 0.2) is 5.78 Å². The van der Waals surface area contributed by atoms with Crippen LogP contribution in [0.25, 0.3) is 6.08 Å².